The highest BCUT2D eigenvalue weighted by molar-refractivity contribution is 7.16. The van der Waals surface area contributed by atoms with Gasteiger partial charge in [0.2, 0.25) is 0 Å². The number of hydrogen-bond acceptors (Lipinski definition) is 5. The Morgan fingerprint density at radius 2 is 2.13 bits per heavy atom. The van der Waals surface area contributed by atoms with E-state index in [2.05, 4.69) is 10.3 Å². The summed E-state index contributed by atoms with van der Waals surface area (Å²) >= 11 is 1.48. The second-order valence-corrected chi connectivity index (χ2v) is 6.53. The van der Waals surface area contributed by atoms with Crippen molar-refractivity contribution in [1.82, 2.24) is 4.98 Å². The summed E-state index contributed by atoms with van der Waals surface area (Å²) in [5.41, 5.74) is 7.39. The summed E-state index contributed by atoms with van der Waals surface area (Å²) in [7, 11) is 0. The zero-order valence-electron chi connectivity index (χ0n) is 12.8. The van der Waals surface area contributed by atoms with Crippen molar-refractivity contribution in [3.05, 3.63) is 35.3 Å². The highest BCUT2D eigenvalue weighted by Gasteiger charge is 2.30. The molecule has 1 aromatic carbocycles. The average molecular weight is 354 g/mol. The van der Waals surface area contributed by atoms with Crippen LogP contribution in [-0.2, 0) is 9.53 Å². The molecule has 2 aromatic rings. The number of halogens is 1. The van der Waals surface area contributed by atoms with Gasteiger partial charge in [-0.05, 0) is 19.8 Å². The molecule has 1 aliphatic heterocycles. The molecule has 124 valence electrons. The first-order valence-electron chi connectivity index (χ1n) is 7.36. The SMILES string of the molecule is Cc1nc(-c2ccccc2)c(NC(=O)[C@@H]2CC[C@H](CN)O2)s1.Cl. The van der Waals surface area contributed by atoms with Gasteiger partial charge in [0, 0.05) is 12.1 Å². The van der Waals surface area contributed by atoms with E-state index in [1.54, 1.807) is 0 Å². The molecule has 0 spiro atoms. The maximum atomic E-state index is 12.4. The Hall–Kier alpha value is -1.47. The molecule has 2 heterocycles. The topological polar surface area (TPSA) is 77.2 Å². The van der Waals surface area contributed by atoms with Gasteiger partial charge in [0.25, 0.3) is 5.91 Å². The van der Waals surface area contributed by atoms with Crippen molar-refractivity contribution in [2.45, 2.75) is 32.0 Å². The summed E-state index contributed by atoms with van der Waals surface area (Å²) in [6.07, 6.45) is 1.13. The number of nitrogens with one attached hydrogen (secondary N) is 1. The van der Waals surface area contributed by atoms with Crippen LogP contribution >= 0.6 is 23.7 Å². The van der Waals surface area contributed by atoms with Gasteiger partial charge in [-0.1, -0.05) is 30.3 Å². The van der Waals surface area contributed by atoms with Gasteiger partial charge in [-0.3, -0.25) is 4.79 Å². The third-order valence-corrected chi connectivity index (χ3v) is 4.57. The molecule has 7 heteroatoms. The monoisotopic (exact) mass is 353 g/mol. The molecular weight excluding hydrogens is 334 g/mol. The number of amides is 1. The Balaban J connectivity index is 0.00000192. The lowest BCUT2D eigenvalue weighted by molar-refractivity contribution is -0.126. The van der Waals surface area contributed by atoms with Gasteiger partial charge in [0.15, 0.2) is 0 Å². The number of anilines is 1. The molecule has 0 unspecified atom stereocenters. The fourth-order valence-corrected chi connectivity index (χ4v) is 3.41. The Morgan fingerprint density at radius 1 is 1.39 bits per heavy atom. The number of carbonyl (C=O) groups excluding carboxylic acids is 1. The number of rotatable bonds is 4. The molecule has 0 aliphatic carbocycles. The van der Waals surface area contributed by atoms with Gasteiger partial charge in [0.1, 0.15) is 16.8 Å². The molecule has 1 aromatic heterocycles. The van der Waals surface area contributed by atoms with Crippen molar-refractivity contribution in [1.29, 1.82) is 0 Å². The number of ether oxygens (including phenoxy) is 1. The van der Waals surface area contributed by atoms with E-state index in [1.165, 1.54) is 11.3 Å². The van der Waals surface area contributed by atoms with Gasteiger partial charge in [-0.2, -0.15) is 0 Å². The first kappa shape index (κ1) is 17.9. The highest BCUT2D eigenvalue weighted by atomic mass is 35.5. The van der Waals surface area contributed by atoms with Gasteiger partial charge in [0.05, 0.1) is 11.1 Å². The van der Waals surface area contributed by atoms with E-state index in [9.17, 15) is 4.79 Å². The molecule has 0 radical (unpaired) electrons. The highest BCUT2D eigenvalue weighted by Crippen LogP contribution is 2.33. The summed E-state index contributed by atoms with van der Waals surface area (Å²) in [5, 5.41) is 4.66. The Labute approximate surface area is 145 Å². The number of aryl methyl sites for hydroxylation is 1. The fourth-order valence-electron chi connectivity index (χ4n) is 2.57. The normalized spacial score (nSPS) is 20.1. The average Bonchev–Trinajstić information content (AvgIpc) is 3.15. The van der Waals surface area contributed by atoms with E-state index >= 15 is 0 Å². The number of aromatic nitrogens is 1. The minimum absolute atomic E-state index is 0. The molecule has 0 bridgehead atoms. The second-order valence-electron chi connectivity index (χ2n) is 5.33. The quantitative estimate of drug-likeness (QED) is 0.885. The first-order valence-corrected chi connectivity index (χ1v) is 8.18. The van der Waals surface area contributed by atoms with Gasteiger partial charge in [-0.15, -0.1) is 23.7 Å². The maximum Gasteiger partial charge on any atom is 0.254 e. The fraction of sp³-hybridized carbons (Fsp3) is 0.375. The number of hydrogen-bond donors (Lipinski definition) is 2. The standard InChI is InChI=1S/C16H19N3O2S.ClH/c1-10-18-14(11-5-3-2-4-6-11)16(22-10)19-15(20)13-8-7-12(9-17)21-13;/h2-6,12-13H,7-9,17H2,1H3,(H,19,20);1H/t12-,13+;/m1./s1. The Kier molecular flexibility index (Phi) is 6.12. The molecule has 1 fully saturated rings. The lowest BCUT2D eigenvalue weighted by atomic mass is 10.1. The molecule has 5 nitrogen and oxygen atoms in total. The number of nitrogens with two attached hydrogens (primary N) is 1. The summed E-state index contributed by atoms with van der Waals surface area (Å²) in [6, 6.07) is 9.85. The van der Waals surface area contributed by atoms with E-state index in [4.69, 9.17) is 10.5 Å². The smallest absolute Gasteiger partial charge is 0.254 e. The maximum absolute atomic E-state index is 12.4. The number of thiazole rings is 1. The zero-order chi connectivity index (χ0) is 15.5. The molecule has 2 atom stereocenters. The van der Waals surface area contributed by atoms with Crippen LogP contribution in [0.5, 0.6) is 0 Å². The minimum atomic E-state index is -0.417. The van der Waals surface area contributed by atoms with Crippen LogP contribution in [0.3, 0.4) is 0 Å². The molecule has 1 amide bonds. The third-order valence-electron chi connectivity index (χ3n) is 3.68. The summed E-state index contributed by atoms with van der Waals surface area (Å²) in [4.78, 5) is 16.9. The van der Waals surface area contributed by atoms with Crippen molar-refractivity contribution < 1.29 is 9.53 Å². The molecular formula is C16H20ClN3O2S. The lowest BCUT2D eigenvalue weighted by Crippen LogP contribution is -2.29. The predicted octanol–water partition coefficient (Wildman–Crippen LogP) is 2.99. The first-order chi connectivity index (χ1) is 10.7. The summed E-state index contributed by atoms with van der Waals surface area (Å²) in [5.74, 6) is -0.114. The number of carbonyl (C=O) groups is 1. The van der Waals surface area contributed by atoms with Crippen LogP contribution in [0.2, 0.25) is 0 Å². The molecule has 1 aliphatic rings. The van der Waals surface area contributed by atoms with Crippen LogP contribution < -0.4 is 11.1 Å². The zero-order valence-corrected chi connectivity index (χ0v) is 14.5. The van der Waals surface area contributed by atoms with Crippen LogP contribution in [0.1, 0.15) is 17.8 Å². The van der Waals surface area contributed by atoms with E-state index in [0.29, 0.717) is 13.0 Å². The molecule has 1 saturated heterocycles. The number of nitrogens with zero attached hydrogens (tertiary/aromatic N) is 1. The summed E-state index contributed by atoms with van der Waals surface area (Å²) in [6.45, 7) is 2.39. The van der Waals surface area contributed by atoms with Crippen LogP contribution in [-0.4, -0.2) is 29.6 Å². The van der Waals surface area contributed by atoms with Gasteiger partial charge >= 0.3 is 0 Å². The number of benzene rings is 1. The van der Waals surface area contributed by atoms with Crippen molar-refractivity contribution in [2.75, 3.05) is 11.9 Å². The minimum Gasteiger partial charge on any atom is -0.364 e. The van der Waals surface area contributed by atoms with Crippen molar-refractivity contribution >= 4 is 34.7 Å². The van der Waals surface area contributed by atoms with Crippen molar-refractivity contribution in [3.8, 4) is 11.3 Å². The van der Waals surface area contributed by atoms with E-state index in [1.807, 2.05) is 37.3 Å². The largest absolute Gasteiger partial charge is 0.364 e. The van der Waals surface area contributed by atoms with Crippen molar-refractivity contribution in [3.63, 3.8) is 0 Å². The van der Waals surface area contributed by atoms with Crippen LogP contribution in [0.4, 0.5) is 5.00 Å². The van der Waals surface area contributed by atoms with Crippen LogP contribution in [0.25, 0.3) is 11.3 Å². The van der Waals surface area contributed by atoms with E-state index < -0.39 is 6.10 Å². The molecule has 3 N–H and O–H groups in total. The predicted molar refractivity (Wildman–Crippen MR) is 95.1 cm³/mol. The molecule has 3 rings (SSSR count). The van der Waals surface area contributed by atoms with Crippen LogP contribution in [0, 0.1) is 6.92 Å². The molecule has 23 heavy (non-hydrogen) atoms. The molecule has 0 saturated carbocycles. The Bertz CT molecular complexity index is 663. The Morgan fingerprint density at radius 3 is 2.78 bits per heavy atom. The van der Waals surface area contributed by atoms with Gasteiger partial charge < -0.3 is 15.8 Å². The van der Waals surface area contributed by atoms with E-state index in [-0.39, 0.29) is 24.4 Å². The second kappa shape index (κ2) is 7.88. The van der Waals surface area contributed by atoms with Gasteiger partial charge in [-0.25, -0.2) is 4.98 Å². The van der Waals surface area contributed by atoms with Crippen molar-refractivity contribution in [2.24, 2.45) is 5.73 Å². The van der Waals surface area contributed by atoms with E-state index in [0.717, 1.165) is 27.7 Å². The summed E-state index contributed by atoms with van der Waals surface area (Å²) < 4.78 is 5.64. The third kappa shape index (κ3) is 4.09. The lowest BCUT2D eigenvalue weighted by Gasteiger charge is -2.12. The van der Waals surface area contributed by atoms with Crippen LogP contribution in [0.15, 0.2) is 30.3 Å².